The molecule has 0 aromatic carbocycles. The lowest BCUT2D eigenvalue weighted by Gasteiger charge is -2.60. The number of hydrogen-bond donors (Lipinski definition) is 0. The van der Waals surface area contributed by atoms with Crippen LogP contribution in [0.15, 0.2) is 12.2 Å². The smallest absolute Gasteiger partial charge is 0.0259 e. The van der Waals surface area contributed by atoms with E-state index in [2.05, 4.69) is 39.8 Å². The maximum absolute atomic E-state index is 2.51. The highest BCUT2D eigenvalue weighted by Crippen LogP contribution is 2.62. The first kappa shape index (κ1) is 14.2. The maximum Gasteiger partial charge on any atom is -0.0259 e. The van der Waals surface area contributed by atoms with Gasteiger partial charge in [-0.3, -0.25) is 0 Å². The first-order valence-corrected chi connectivity index (χ1v) is 8.22. The van der Waals surface area contributed by atoms with Crippen LogP contribution in [0, 0.1) is 29.1 Å². The van der Waals surface area contributed by atoms with Gasteiger partial charge in [-0.25, -0.2) is 0 Å². The molecule has 4 atom stereocenters. The van der Waals surface area contributed by atoms with E-state index >= 15 is 0 Å². The van der Waals surface area contributed by atoms with Crippen LogP contribution in [0.25, 0.3) is 0 Å². The topological polar surface area (TPSA) is 0 Å². The lowest BCUT2D eigenvalue weighted by atomic mass is 9.45. The molecule has 0 aliphatic heterocycles. The van der Waals surface area contributed by atoms with Crippen molar-refractivity contribution in [1.82, 2.24) is 0 Å². The Bertz CT molecular complexity index is 284. The van der Waals surface area contributed by atoms with Crippen molar-refractivity contribution in [3.63, 3.8) is 0 Å². The highest BCUT2D eigenvalue weighted by atomic mass is 14.6. The highest BCUT2D eigenvalue weighted by molar-refractivity contribution is 5.04. The van der Waals surface area contributed by atoms with Gasteiger partial charge in [0.15, 0.2) is 0 Å². The second kappa shape index (κ2) is 5.80. The minimum atomic E-state index is 0.661. The van der Waals surface area contributed by atoms with E-state index in [1.807, 2.05) is 0 Å². The molecular formula is C18H32. The lowest BCUT2D eigenvalue weighted by Crippen LogP contribution is -2.52. The summed E-state index contributed by atoms with van der Waals surface area (Å²) in [5, 5.41) is 0. The number of fused-ring (bicyclic) bond motifs is 2. The third-order valence-corrected chi connectivity index (χ3v) is 5.86. The molecule has 0 heterocycles. The number of hydrogen-bond acceptors (Lipinski definition) is 0. The number of unbranched alkanes of at least 4 members (excludes halogenated alkanes) is 2. The van der Waals surface area contributed by atoms with Crippen molar-refractivity contribution in [3.05, 3.63) is 12.2 Å². The average Bonchev–Trinajstić information content (AvgIpc) is 2.34. The van der Waals surface area contributed by atoms with Crippen LogP contribution < -0.4 is 0 Å². The quantitative estimate of drug-likeness (QED) is 0.410. The monoisotopic (exact) mass is 248 g/mol. The molecule has 0 nitrogen and oxygen atoms in total. The minimum absolute atomic E-state index is 0.661. The minimum Gasteiger partial charge on any atom is -0.0883 e. The zero-order valence-electron chi connectivity index (χ0n) is 12.9. The lowest BCUT2D eigenvalue weighted by molar-refractivity contribution is -0.108. The molecule has 18 heavy (non-hydrogen) atoms. The van der Waals surface area contributed by atoms with Crippen molar-refractivity contribution < 1.29 is 0 Å². The molecule has 104 valence electrons. The number of allylic oxidation sites excluding steroid dienone is 2. The zero-order valence-corrected chi connectivity index (χ0v) is 12.9. The summed E-state index contributed by atoms with van der Waals surface area (Å²) in [5.74, 6) is 3.88. The molecule has 0 aromatic heterocycles. The first-order valence-electron chi connectivity index (χ1n) is 8.22. The molecule has 0 spiro atoms. The predicted molar refractivity (Wildman–Crippen MR) is 80.5 cm³/mol. The van der Waals surface area contributed by atoms with Gasteiger partial charge in [0.1, 0.15) is 0 Å². The average molecular weight is 248 g/mol. The molecule has 0 saturated heterocycles. The van der Waals surface area contributed by atoms with Crippen LogP contribution in [0.4, 0.5) is 0 Å². The Labute approximate surface area is 114 Å². The van der Waals surface area contributed by atoms with Crippen molar-refractivity contribution in [3.8, 4) is 0 Å². The van der Waals surface area contributed by atoms with Crippen LogP contribution in [0.5, 0.6) is 0 Å². The fraction of sp³-hybridized carbons (Fsp3) is 0.889. The summed E-state index contributed by atoms with van der Waals surface area (Å²) in [6, 6.07) is 0. The third kappa shape index (κ3) is 2.83. The maximum atomic E-state index is 2.51. The van der Waals surface area contributed by atoms with Crippen LogP contribution in [0.3, 0.4) is 0 Å². The van der Waals surface area contributed by atoms with Gasteiger partial charge in [-0.15, -0.1) is 0 Å². The molecule has 0 N–H and O–H groups in total. The Balaban J connectivity index is 1.77. The normalized spacial score (nSPS) is 35.4. The van der Waals surface area contributed by atoms with Crippen molar-refractivity contribution in [1.29, 1.82) is 0 Å². The van der Waals surface area contributed by atoms with E-state index < -0.39 is 0 Å². The van der Waals surface area contributed by atoms with Crippen LogP contribution in [-0.4, -0.2) is 0 Å². The van der Waals surface area contributed by atoms with Gasteiger partial charge in [-0.2, -0.15) is 0 Å². The van der Waals surface area contributed by atoms with Gasteiger partial charge in [0, 0.05) is 0 Å². The van der Waals surface area contributed by atoms with Gasteiger partial charge in [0.05, 0.1) is 0 Å². The van der Waals surface area contributed by atoms with Gasteiger partial charge in [-0.1, -0.05) is 52.7 Å². The Morgan fingerprint density at radius 3 is 2.67 bits per heavy atom. The van der Waals surface area contributed by atoms with E-state index in [1.54, 1.807) is 0 Å². The molecule has 0 amide bonds. The van der Waals surface area contributed by atoms with Crippen LogP contribution in [-0.2, 0) is 0 Å². The van der Waals surface area contributed by atoms with Gasteiger partial charge in [0.2, 0.25) is 0 Å². The molecule has 0 aromatic rings. The predicted octanol–water partition coefficient (Wildman–Crippen LogP) is 5.83. The molecule has 3 saturated carbocycles. The Morgan fingerprint density at radius 1 is 1.28 bits per heavy atom. The van der Waals surface area contributed by atoms with Crippen molar-refractivity contribution in [2.75, 3.05) is 0 Å². The molecule has 0 unspecified atom stereocenters. The van der Waals surface area contributed by atoms with E-state index in [0.717, 1.165) is 23.7 Å². The number of rotatable bonds is 6. The van der Waals surface area contributed by atoms with Crippen LogP contribution in [0.1, 0.15) is 72.6 Å². The van der Waals surface area contributed by atoms with E-state index in [-0.39, 0.29) is 0 Å². The fourth-order valence-electron chi connectivity index (χ4n) is 4.45. The standard InChI is InChI=1S/C18H32/c1-5-6-7-8-9-14(2)12-15-10-11-16-13-17(15)18(16,3)4/h8-9,14-17H,5-7,10-13H2,1-4H3/b9-8+/t14-,15-,16-,17-/m0/s1. The summed E-state index contributed by atoms with van der Waals surface area (Å²) in [4.78, 5) is 0. The van der Waals surface area contributed by atoms with E-state index in [1.165, 1.54) is 44.9 Å². The van der Waals surface area contributed by atoms with Gasteiger partial charge in [0.25, 0.3) is 0 Å². The third-order valence-electron chi connectivity index (χ3n) is 5.86. The first-order chi connectivity index (χ1) is 8.55. The van der Waals surface area contributed by atoms with E-state index in [4.69, 9.17) is 0 Å². The second-order valence-corrected chi connectivity index (χ2v) is 7.48. The molecule has 3 aliphatic carbocycles. The van der Waals surface area contributed by atoms with Crippen LogP contribution in [0.2, 0.25) is 0 Å². The van der Waals surface area contributed by atoms with Crippen molar-refractivity contribution in [2.24, 2.45) is 29.1 Å². The van der Waals surface area contributed by atoms with Gasteiger partial charge in [-0.05, 0) is 61.2 Å². The summed E-state index contributed by atoms with van der Waals surface area (Å²) in [7, 11) is 0. The van der Waals surface area contributed by atoms with E-state index in [9.17, 15) is 0 Å². The zero-order chi connectivity index (χ0) is 13.2. The molecule has 0 heteroatoms. The molecular weight excluding hydrogens is 216 g/mol. The van der Waals surface area contributed by atoms with Crippen molar-refractivity contribution in [2.45, 2.75) is 72.6 Å². The summed E-state index contributed by atoms with van der Waals surface area (Å²) >= 11 is 0. The SMILES string of the molecule is CCCC/C=C/[C@H](C)C[C@@H]1CC[C@H]2C[C@@H]1C2(C)C. The van der Waals surface area contributed by atoms with Crippen LogP contribution >= 0.6 is 0 Å². The molecule has 0 radical (unpaired) electrons. The second-order valence-electron chi connectivity index (χ2n) is 7.48. The molecule has 3 aliphatic rings. The Hall–Kier alpha value is -0.260. The summed E-state index contributed by atoms with van der Waals surface area (Å²) in [5.41, 5.74) is 0.661. The van der Waals surface area contributed by atoms with Crippen molar-refractivity contribution >= 4 is 0 Å². The molecule has 3 fully saturated rings. The van der Waals surface area contributed by atoms with Gasteiger partial charge >= 0.3 is 0 Å². The Morgan fingerprint density at radius 2 is 2.06 bits per heavy atom. The van der Waals surface area contributed by atoms with Gasteiger partial charge < -0.3 is 0 Å². The summed E-state index contributed by atoms with van der Waals surface area (Å²) in [6.45, 7) is 9.72. The fourth-order valence-corrected chi connectivity index (χ4v) is 4.45. The molecule has 3 rings (SSSR count). The highest BCUT2D eigenvalue weighted by Gasteiger charge is 2.53. The largest absolute Gasteiger partial charge is 0.0883 e. The van der Waals surface area contributed by atoms with E-state index in [0.29, 0.717) is 5.41 Å². The molecule has 2 bridgehead atoms. The Kier molecular flexibility index (Phi) is 4.56. The summed E-state index contributed by atoms with van der Waals surface area (Å²) in [6.07, 6.45) is 14.8. The summed E-state index contributed by atoms with van der Waals surface area (Å²) < 4.78 is 0.